The van der Waals surface area contributed by atoms with E-state index in [1.54, 1.807) is 24.4 Å². The highest BCUT2D eigenvalue weighted by Gasteiger charge is 2.09. The number of carbonyl (C=O) groups excluding carboxylic acids is 1. The smallest absolute Gasteiger partial charge is 0.268 e. The second kappa shape index (κ2) is 5.24. The van der Waals surface area contributed by atoms with Crippen molar-refractivity contribution in [3.8, 4) is 0 Å². The molecule has 0 saturated heterocycles. The fourth-order valence-corrected chi connectivity index (χ4v) is 2.14. The molecule has 2 heterocycles. The summed E-state index contributed by atoms with van der Waals surface area (Å²) in [6.07, 6.45) is 1.68. The first-order chi connectivity index (χ1) is 10.1. The molecule has 0 atom stereocenters. The summed E-state index contributed by atoms with van der Waals surface area (Å²) in [6, 6.07) is 9.04. The number of fused-ring (bicyclic) bond motifs is 1. The maximum atomic E-state index is 12.1. The van der Waals surface area contributed by atoms with Gasteiger partial charge in [-0.25, -0.2) is 9.97 Å². The summed E-state index contributed by atoms with van der Waals surface area (Å²) in [5, 5.41) is 3.74. The Morgan fingerprint density at radius 2 is 2.19 bits per heavy atom. The van der Waals surface area contributed by atoms with Crippen molar-refractivity contribution in [2.45, 2.75) is 13.5 Å². The summed E-state index contributed by atoms with van der Waals surface area (Å²) in [6.45, 7) is 2.17. The summed E-state index contributed by atoms with van der Waals surface area (Å²) < 4.78 is 0. The van der Waals surface area contributed by atoms with Crippen LogP contribution in [0.25, 0.3) is 10.9 Å². The molecule has 21 heavy (non-hydrogen) atoms. The zero-order valence-corrected chi connectivity index (χ0v) is 11.6. The van der Waals surface area contributed by atoms with Gasteiger partial charge in [0.1, 0.15) is 11.5 Å². The molecule has 1 aromatic carbocycles. The van der Waals surface area contributed by atoms with Gasteiger partial charge in [-0.3, -0.25) is 4.79 Å². The van der Waals surface area contributed by atoms with Crippen molar-refractivity contribution in [1.29, 1.82) is 0 Å². The predicted molar refractivity (Wildman–Crippen MR) is 80.7 cm³/mol. The van der Waals surface area contributed by atoms with Gasteiger partial charge in [0.05, 0.1) is 12.2 Å². The fraction of sp³-hybridized carbons (Fsp3) is 0.133. The van der Waals surface area contributed by atoms with E-state index in [2.05, 4.69) is 20.3 Å². The van der Waals surface area contributed by atoms with Crippen molar-refractivity contribution < 1.29 is 4.79 Å². The molecule has 0 fully saturated rings. The number of hydrogen-bond donors (Lipinski definition) is 3. The van der Waals surface area contributed by atoms with Crippen molar-refractivity contribution in [1.82, 2.24) is 20.3 Å². The molecular formula is C15H15N5O. The lowest BCUT2D eigenvalue weighted by molar-refractivity contribution is 0.0946. The number of aromatic nitrogens is 3. The van der Waals surface area contributed by atoms with Gasteiger partial charge in [0, 0.05) is 22.8 Å². The molecule has 0 spiro atoms. The van der Waals surface area contributed by atoms with Crippen molar-refractivity contribution >= 4 is 22.5 Å². The van der Waals surface area contributed by atoms with Crippen molar-refractivity contribution in [3.63, 3.8) is 0 Å². The zero-order chi connectivity index (χ0) is 14.8. The summed E-state index contributed by atoms with van der Waals surface area (Å²) in [5.41, 5.74) is 8.56. The molecule has 1 amide bonds. The number of nitrogen functional groups attached to an aromatic ring is 1. The summed E-state index contributed by atoms with van der Waals surface area (Å²) >= 11 is 0. The quantitative estimate of drug-likeness (QED) is 0.637. The monoisotopic (exact) mass is 281 g/mol. The Labute approximate surface area is 121 Å². The highest BCUT2D eigenvalue weighted by Crippen LogP contribution is 2.18. The Balaban J connectivity index is 1.74. The van der Waals surface area contributed by atoms with E-state index < -0.39 is 0 Å². The lowest BCUT2D eigenvalue weighted by atomic mass is 10.2. The van der Waals surface area contributed by atoms with Gasteiger partial charge in [0.2, 0.25) is 0 Å². The molecule has 3 aromatic rings. The van der Waals surface area contributed by atoms with E-state index in [1.165, 1.54) is 0 Å². The van der Waals surface area contributed by atoms with E-state index in [0.717, 1.165) is 16.6 Å². The largest absolute Gasteiger partial charge is 0.399 e. The van der Waals surface area contributed by atoms with Crippen LogP contribution in [0.1, 0.15) is 22.0 Å². The van der Waals surface area contributed by atoms with Crippen LogP contribution in [0.15, 0.2) is 36.5 Å². The lowest BCUT2D eigenvalue weighted by Gasteiger charge is -2.03. The van der Waals surface area contributed by atoms with Crippen LogP contribution in [0.2, 0.25) is 0 Å². The number of nitrogens with two attached hydrogens (primary N) is 1. The third-order valence-electron chi connectivity index (χ3n) is 3.15. The Morgan fingerprint density at radius 3 is 3.00 bits per heavy atom. The molecule has 0 bridgehead atoms. The van der Waals surface area contributed by atoms with Crippen molar-refractivity contribution in [3.05, 3.63) is 53.7 Å². The normalized spacial score (nSPS) is 10.7. The van der Waals surface area contributed by atoms with Gasteiger partial charge in [0.15, 0.2) is 0 Å². The van der Waals surface area contributed by atoms with Crippen LogP contribution in [-0.4, -0.2) is 20.9 Å². The van der Waals surface area contributed by atoms with Crippen LogP contribution >= 0.6 is 0 Å². The highest BCUT2D eigenvalue weighted by atomic mass is 16.1. The van der Waals surface area contributed by atoms with Crippen LogP contribution in [0.5, 0.6) is 0 Å². The zero-order valence-electron chi connectivity index (χ0n) is 11.6. The van der Waals surface area contributed by atoms with Gasteiger partial charge >= 0.3 is 0 Å². The molecule has 0 aliphatic rings. The molecule has 106 valence electrons. The first-order valence-corrected chi connectivity index (χ1v) is 6.57. The Kier molecular flexibility index (Phi) is 3.27. The number of aromatic amines is 1. The number of nitrogens with zero attached hydrogens (tertiary/aromatic N) is 2. The van der Waals surface area contributed by atoms with Gasteiger partial charge in [-0.1, -0.05) is 0 Å². The second-order valence-corrected chi connectivity index (χ2v) is 4.81. The molecule has 4 N–H and O–H groups in total. The van der Waals surface area contributed by atoms with Gasteiger partial charge in [-0.2, -0.15) is 0 Å². The molecule has 0 aliphatic heterocycles. The average Bonchev–Trinajstić information content (AvgIpc) is 2.88. The molecule has 0 aliphatic carbocycles. The summed E-state index contributed by atoms with van der Waals surface area (Å²) in [7, 11) is 0. The number of carbonyl (C=O) groups is 1. The number of H-pyrrole nitrogens is 1. The first kappa shape index (κ1) is 13.1. The Morgan fingerprint density at radius 1 is 1.33 bits per heavy atom. The molecular weight excluding hydrogens is 266 g/mol. The number of benzene rings is 1. The molecule has 0 saturated carbocycles. The molecule has 0 radical (unpaired) electrons. The minimum Gasteiger partial charge on any atom is -0.399 e. The van der Waals surface area contributed by atoms with E-state index in [-0.39, 0.29) is 5.91 Å². The summed E-state index contributed by atoms with van der Waals surface area (Å²) in [4.78, 5) is 23.5. The van der Waals surface area contributed by atoms with E-state index in [0.29, 0.717) is 23.8 Å². The molecule has 3 rings (SSSR count). The van der Waals surface area contributed by atoms with Crippen LogP contribution in [0.4, 0.5) is 5.69 Å². The van der Waals surface area contributed by atoms with Gasteiger partial charge in [-0.15, -0.1) is 0 Å². The first-order valence-electron chi connectivity index (χ1n) is 6.57. The number of nitrogens with one attached hydrogen (secondary N) is 2. The van der Waals surface area contributed by atoms with Gasteiger partial charge in [-0.05, 0) is 37.3 Å². The Bertz CT molecular complexity index is 809. The third-order valence-corrected chi connectivity index (χ3v) is 3.15. The van der Waals surface area contributed by atoms with E-state index in [1.807, 2.05) is 19.1 Å². The number of hydrogen-bond acceptors (Lipinski definition) is 4. The number of anilines is 1. The van der Waals surface area contributed by atoms with Gasteiger partial charge < -0.3 is 16.0 Å². The minimum atomic E-state index is -0.180. The van der Waals surface area contributed by atoms with Crippen LogP contribution in [-0.2, 0) is 6.54 Å². The lowest BCUT2D eigenvalue weighted by Crippen LogP contribution is -2.23. The summed E-state index contributed by atoms with van der Waals surface area (Å²) in [5.74, 6) is 0.504. The molecule has 6 nitrogen and oxygen atoms in total. The minimum absolute atomic E-state index is 0.180. The second-order valence-electron chi connectivity index (χ2n) is 4.81. The third kappa shape index (κ3) is 2.84. The maximum absolute atomic E-state index is 12.1. The van der Waals surface area contributed by atoms with Gasteiger partial charge in [0.25, 0.3) is 5.91 Å². The Hall–Kier alpha value is -2.89. The maximum Gasteiger partial charge on any atom is 0.268 e. The standard InChI is InChI=1S/C15H15N5O/c1-9-17-5-4-12(19-9)8-18-15(21)14-7-10-6-11(16)2-3-13(10)20-14/h2-7,20H,8,16H2,1H3,(H,18,21). The predicted octanol–water partition coefficient (Wildman–Crippen LogP) is 1.78. The van der Waals surface area contributed by atoms with Crippen LogP contribution < -0.4 is 11.1 Å². The SMILES string of the molecule is Cc1nccc(CNC(=O)c2cc3cc(N)ccc3[nH]2)n1. The fourth-order valence-electron chi connectivity index (χ4n) is 2.14. The average molecular weight is 281 g/mol. The van der Waals surface area contributed by atoms with Crippen molar-refractivity contribution in [2.24, 2.45) is 0 Å². The topological polar surface area (TPSA) is 96.7 Å². The van der Waals surface area contributed by atoms with Crippen LogP contribution in [0, 0.1) is 6.92 Å². The molecule has 6 heteroatoms. The highest BCUT2D eigenvalue weighted by molar-refractivity contribution is 5.98. The van der Waals surface area contributed by atoms with E-state index in [9.17, 15) is 4.79 Å². The van der Waals surface area contributed by atoms with Crippen LogP contribution in [0.3, 0.4) is 0 Å². The van der Waals surface area contributed by atoms with E-state index >= 15 is 0 Å². The van der Waals surface area contributed by atoms with E-state index in [4.69, 9.17) is 5.73 Å². The number of aryl methyl sites for hydroxylation is 1. The molecule has 2 aromatic heterocycles. The number of rotatable bonds is 3. The molecule has 0 unspecified atom stereocenters. The number of amides is 1. The van der Waals surface area contributed by atoms with Crippen molar-refractivity contribution in [2.75, 3.05) is 5.73 Å².